The zero-order chi connectivity index (χ0) is 12.4. The Bertz CT molecular complexity index is 399. The lowest BCUT2D eigenvalue weighted by molar-refractivity contribution is -0.140. The number of rotatable bonds is 6. The molecule has 1 aromatic rings. The molecule has 17 heavy (non-hydrogen) atoms. The molecule has 1 aliphatic carbocycles. The number of hydrogen-bond acceptors (Lipinski definition) is 4. The molecular weight excluding hydrogens is 236 g/mol. The zero-order valence-corrected chi connectivity index (χ0v) is 11.0. The van der Waals surface area contributed by atoms with Crippen molar-refractivity contribution in [2.75, 3.05) is 0 Å². The highest BCUT2D eigenvalue weighted by Gasteiger charge is 2.35. The molecule has 1 aliphatic rings. The fraction of sp³-hybridized carbons (Fsp3) is 0.667. The summed E-state index contributed by atoms with van der Waals surface area (Å²) in [6.07, 6.45) is 2.05. The van der Waals surface area contributed by atoms with E-state index in [-0.39, 0.29) is 0 Å². The lowest BCUT2D eigenvalue weighted by atomic mass is 10.2. The summed E-state index contributed by atoms with van der Waals surface area (Å²) in [6.45, 7) is 4.78. The van der Waals surface area contributed by atoms with Crippen LogP contribution >= 0.6 is 11.3 Å². The second-order valence-electron chi connectivity index (χ2n) is 4.87. The van der Waals surface area contributed by atoms with E-state index in [0.29, 0.717) is 18.4 Å². The minimum atomic E-state index is -0.744. The molecule has 2 rings (SSSR count). The summed E-state index contributed by atoms with van der Waals surface area (Å²) in [4.78, 5) is 15.5. The van der Waals surface area contributed by atoms with Crippen LogP contribution in [0.15, 0.2) is 5.38 Å². The number of aromatic nitrogens is 1. The van der Waals surface area contributed by atoms with Gasteiger partial charge in [-0.3, -0.25) is 10.1 Å². The van der Waals surface area contributed by atoms with Crippen molar-refractivity contribution in [1.29, 1.82) is 0 Å². The molecule has 1 atom stereocenters. The standard InChI is InChI=1S/C12H18N2O2S/c1-7(2)11-14-9(6-17-11)5-13-10(12(15)16)8-3-4-8/h6-8,10,13H,3-5H2,1-2H3,(H,15,16). The summed E-state index contributed by atoms with van der Waals surface area (Å²) in [6, 6.07) is -0.404. The Morgan fingerprint density at radius 1 is 1.65 bits per heavy atom. The maximum absolute atomic E-state index is 11.0. The van der Waals surface area contributed by atoms with Gasteiger partial charge >= 0.3 is 5.97 Å². The Morgan fingerprint density at radius 3 is 2.82 bits per heavy atom. The first-order valence-electron chi connectivity index (χ1n) is 5.98. The van der Waals surface area contributed by atoms with Crippen LogP contribution in [0.2, 0.25) is 0 Å². The van der Waals surface area contributed by atoms with Crippen LogP contribution in [0.25, 0.3) is 0 Å². The second-order valence-corrected chi connectivity index (χ2v) is 5.76. The predicted molar refractivity (Wildman–Crippen MR) is 67.2 cm³/mol. The molecule has 0 radical (unpaired) electrons. The first-order valence-corrected chi connectivity index (χ1v) is 6.86. The average Bonchev–Trinajstić information content (AvgIpc) is 2.95. The van der Waals surface area contributed by atoms with E-state index in [1.165, 1.54) is 0 Å². The lowest BCUT2D eigenvalue weighted by Gasteiger charge is -2.12. The van der Waals surface area contributed by atoms with Gasteiger partial charge in [0.15, 0.2) is 0 Å². The smallest absolute Gasteiger partial charge is 0.320 e. The largest absolute Gasteiger partial charge is 0.480 e. The number of thiazole rings is 1. The van der Waals surface area contributed by atoms with Crippen LogP contribution in [0.5, 0.6) is 0 Å². The number of nitrogens with one attached hydrogen (secondary N) is 1. The number of carbonyl (C=O) groups is 1. The molecule has 2 N–H and O–H groups in total. The molecule has 1 heterocycles. The molecule has 1 fully saturated rings. The molecular formula is C12H18N2O2S. The molecule has 0 aliphatic heterocycles. The number of hydrogen-bond donors (Lipinski definition) is 2. The van der Waals surface area contributed by atoms with Gasteiger partial charge in [0.25, 0.3) is 0 Å². The van der Waals surface area contributed by atoms with Crippen LogP contribution in [-0.2, 0) is 11.3 Å². The van der Waals surface area contributed by atoms with Crippen LogP contribution in [0, 0.1) is 5.92 Å². The quantitative estimate of drug-likeness (QED) is 0.817. The van der Waals surface area contributed by atoms with Crippen LogP contribution in [0.3, 0.4) is 0 Å². The van der Waals surface area contributed by atoms with Crippen molar-refractivity contribution in [3.8, 4) is 0 Å². The Morgan fingerprint density at radius 2 is 2.35 bits per heavy atom. The van der Waals surface area contributed by atoms with Crippen LogP contribution in [0.1, 0.15) is 43.3 Å². The van der Waals surface area contributed by atoms with Gasteiger partial charge in [0.1, 0.15) is 6.04 Å². The van der Waals surface area contributed by atoms with E-state index in [4.69, 9.17) is 5.11 Å². The highest BCUT2D eigenvalue weighted by Crippen LogP contribution is 2.32. The van der Waals surface area contributed by atoms with Crippen LogP contribution in [0.4, 0.5) is 0 Å². The lowest BCUT2D eigenvalue weighted by Crippen LogP contribution is -2.38. The first kappa shape index (κ1) is 12.5. The van der Waals surface area contributed by atoms with Gasteiger partial charge in [-0.1, -0.05) is 13.8 Å². The van der Waals surface area contributed by atoms with Crippen molar-refractivity contribution < 1.29 is 9.90 Å². The van der Waals surface area contributed by atoms with Gasteiger partial charge in [0.2, 0.25) is 0 Å². The average molecular weight is 254 g/mol. The molecule has 4 nitrogen and oxygen atoms in total. The molecule has 94 valence electrons. The second kappa shape index (κ2) is 5.14. The van der Waals surface area contributed by atoms with E-state index in [9.17, 15) is 4.79 Å². The van der Waals surface area contributed by atoms with Gasteiger partial charge in [-0.2, -0.15) is 0 Å². The third kappa shape index (κ3) is 3.26. The molecule has 0 bridgehead atoms. The van der Waals surface area contributed by atoms with E-state index in [1.54, 1.807) is 11.3 Å². The molecule has 1 unspecified atom stereocenters. The highest BCUT2D eigenvalue weighted by atomic mass is 32.1. The van der Waals surface area contributed by atoms with Gasteiger partial charge in [-0.25, -0.2) is 4.98 Å². The molecule has 1 aromatic heterocycles. The van der Waals surface area contributed by atoms with Crippen molar-refractivity contribution in [3.05, 3.63) is 16.1 Å². The third-order valence-electron chi connectivity index (χ3n) is 2.93. The van der Waals surface area contributed by atoms with E-state index in [0.717, 1.165) is 23.5 Å². The number of aliphatic carboxylic acids is 1. The number of carboxylic acid groups (broad SMARTS) is 1. The van der Waals surface area contributed by atoms with E-state index in [2.05, 4.69) is 24.1 Å². The van der Waals surface area contributed by atoms with Gasteiger partial charge in [-0.05, 0) is 18.8 Å². The maximum Gasteiger partial charge on any atom is 0.320 e. The predicted octanol–water partition coefficient (Wildman–Crippen LogP) is 2.22. The Hall–Kier alpha value is -0.940. The van der Waals surface area contributed by atoms with Crippen molar-refractivity contribution in [2.45, 2.75) is 45.2 Å². The SMILES string of the molecule is CC(C)c1nc(CNC(C(=O)O)C2CC2)cs1. The summed E-state index contributed by atoms with van der Waals surface area (Å²) >= 11 is 1.64. The topological polar surface area (TPSA) is 62.2 Å². The van der Waals surface area contributed by atoms with E-state index >= 15 is 0 Å². The van der Waals surface area contributed by atoms with E-state index < -0.39 is 12.0 Å². The normalized spacial score (nSPS) is 17.4. The fourth-order valence-corrected chi connectivity index (χ4v) is 2.60. The Labute approximate surface area is 105 Å². The number of carboxylic acids is 1. The first-order chi connectivity index (χ1) is 8.08. The Balaban J connectivity index is 1.89. The minimum absolute atomic E-state index is 0.315. The molecule has 0 amide bonds. The summed E-state index contributed by atoms with van der Waals surface area (Å²) in [5.41, 5.74) is 0.950. The van der Waals surface area contributed by atoms with Gasteiger partial charge in [0, 0.05) is 17.8 Å². The molecule has 0 saturated heterocycles. The monoisotopic (exact) mass is 254 g/mol. The summed E-state index contributed by atoms with van der Waals surface area (Å²) in [5, 5.41) is 15.3. The summed E-state index contributed by atoms with van der Waals surface area (Å²) in [7, 11) is 0. The van der Waals surface area contributed by atoms with Crippen molar-refractivity contribution in [2.24, 2.45) is 5.92 Å². The van der Waals surface area contributed by atoms with Crippen LogP contribution in [-0.4, -0.2) is 22.1 Å². The van der Waals surface area contributed by atoms with Gasteiger partial charge in [0.05, 0.1) is 10.7 Å². The van der Waals surface area contributed by atoms with Crippen molar-refractivity contribution in [1.82, 2.24) is 10.3 Å². The number of nitrogens with zero attached hydrogens (tertiary/aromatic N) is 1. The zero-order valence-electron chi connectivity index (χ0n) is 10.1. The van der Waals surface area contributed by atoms with E-state index in [1.807, 2.05) is 5.38 Å². The van der Waals surface area contributed by atoms with Crippen molar-refractivity contribution >= 4 is 17.3 Å². The summed E-state index contributed by atoms with van der Waals surface area (Å²) < 4.78 is 0. The van der Waals surface area contributed by atoms with Crippen molar-refractivity contribution in [3.63, 3.8) is 0 Å². The molecule has 5 heteroatoms. The highest BCUT2D eigenvalue weighted by molar-refractivity contribution is 7.09. The van der Waals surface area contributed by atoms with Gasteiger partial charge in [-0.15, -0.1) is 11.3 Å². The third-order valence-corrected chi connectivity index (χ3v) is 4.12. The molecule has 1 saturated carbocycles. The van der Waals surface area contributed by atoms with Gasteiger partial charge < -0.3 is 5.11 Å². The summed E-state index contributed by atoms with van der Waals surface area (Å²) in [5.74, 6) is 0.00923. The van der Waals surface area contributed by atoms with Crippen LogP contribution < -0.4 is 5.32 Å². The molecule has 0 aromatic carbocycles. The minimum Gasteiger partial charge on any atom is -0.480 e. The molecule has 0 spiro atoms. The fourth-order valence-electron chi connectivity index (χ4n) is 1.77. The maximum atomic E-state index is 11.0. The Kier molecular flexibility index (Phi) is 3.79.